The third-order valence-corrected chi connectivity index (χ3v) is 3.67. The third-order valence-electron chi connectivity index (χ3n) is 3.67. The lowest BCUT2D eigenvalue weighted by Gasteiger charge is -2.17. The number of hydrogen-bond donors (Lipinski definition) is 2. The van der Waals surface area contributed by atoms with Crippen LogP contribution >= 0.6 is 0 Å². The standard InChI is InChI=1S/C12H16F3N3O3/c13-12(14,15)10-9(11(20)21)16-17-18(10)6-8(19)5-7-3-1-2-4-7/h7-8,19H,1-6H2,(H,20,21). The van der Waals surface area contributed by atoms with E-state index in [1.165, 1.54) is 0 Å². The lowest BCUT2D eigenvalue weighted by molar-refractivity contribution is -0.145. The zero-order valence-corrected chi connectivity index (χ0v) is 11.2. The molecular weight excluding hydrogens is 291 g/mol. The Morgan fingerprint density at radius 2 is 2.00 bits per heavy atom. The van der Waals surface area contributed by atoms with Gasteiger partial charge in [0.05, 0.1) is 12.6 Å². The van der Waals surface area contributed by atoms with Gasteiger partial charge in [-0.3, -0.25) is 0 Å². The monoisotopic (exact) mass is 307 g/mol. The van der Waals surface area contributed by atoms with Gasteiger partial charge in [0.15, 0.2) is 5.69 Å². The van der Waals surface area contributed by atoms with E-state index in [0.717, 1.165) is 25.7 Å². The van der Waals surface area contributed by atoms with Crippen LogP contribution in [0.2, 0.25) is 0 Å². The first-order chi connectivity index (χ1) is 9.79. The van der Waals surface area contributed by atoms with Crippen molar-refractivity contribution in [2.45, 2.75) is 50.9 Å². The molecule has 0 amide bonds. The minimum atomic E-state index is -4.88. The summed E-state index contributed by atoms with van der Waals surface area (Å²) >= 11 is 0. The van der Waals surface area contributed by atoms with E-state index < -0.39 is 36.2 Å². The predicted molar refractivity (Wildman–Crippen MR) is 64.6 cm³/mol. The Bertz CT molecular complexity index is 510. The van der Waals surface area contributed by atoms with Crippen LogP contribution in [0.5, 0.6) is 0 Å². The molecule has 1 aromatic rings. The van der Waals surface area contributed by atoms with E-state index in [4.69, 9.17) is 5.11 Å². The molecule has 1 fully saturated rings. The minimum Gasteiger partial charge on any atom is -0.476 e. The van der Waals surface area contributed by atoms with Gasteiger partial charge in [-0.05, 0) is 12.3 Å². The van der Waals surface area contributed by atoms with E-state index in [1.807, 2.05) is 0 Å². The number of carbonyl (C=O) groups is 1. The highest BCUT2D eigenvalue weighted by atomic mass is 19.4. The van der Waals surface area contributed by atoms with Crippen molar-refractivity contribution in [3.05, 3.63) is 11.4 Å². The van der Waals surface area contributed by atoms with E-state index in [9.17, 15) is 23.1 Å². The van der Waals surface area contributed by atoms with Gasteiger partial charge in [0.2, 0.25) is 5.69 Å². The van der Waals surface area contributed by atoms with Gasteiger partial charge in [0.25, 0.3) is 0 Å². The molecule has 1 aliphatic carbocycles. The lowest BCUT2D eigenvalue weighted by atomic mass is 10.00. The summed E-state index contributed by atoms with van der Waals surface area (Å²) < 4.78 is 39.2. The quantitative estimate of drug-likeness (QED) is 0.868. The Hall–Kier alpha value is -1.64. The average molecular weight is 307 g/mol. The summed E-state index contributed by atoms with van der Waals surface area (Å²) in [4.78, 5) is 10.8. The average Bonchev–Trinajstić information content (AvgIpc) is 2.96. The molecule has 1 heterocycles. The molecule has 0 radical (unpaired) electrons. The van der Waals surface area contributed by atoms with Gasteiger partial charge in [-0.15, -0.1) is 5.10 Å². The zero-order chi connectivity index (χ0) is 15.6. The Balaban J connectivity index is 2.13. The maximum atomic E-state index is 12.9. The first kappa shape index (κ1) is 15.7. The molecule has 2 rings (SSSR count). The van der Waals surface area contributed by atoms with Crippen LogP contribution in [-0.4, -0.2) is 37.3 Å². The van der Waals surface area contributed by atoms with Crippen LogP contribution in [-0.2, 0) is 12.7 Å². The highest BCUT2D eigenvalue weighted by molar-refractivity contribution is 5.86. The number of aliphatic hydroxyl groups excluding tert-OH is 1. The molecule has 2 N–H and O–H groups in total. The topological polar surface area (TPSA) is 88.2 Å². The van der Waals surface area contributed by atoms with Crippen molar-refractivity contribution in [3.63, 3.8) is 0 Å². The lowest BCUT2D eigenvalue weighted by Crippen LogP contribution is -2.25. The molecule has 6 nitrogen and oxygen atoms in total. The molecule has 9 heteroatoms. The molecule has 1 atom stereocenters. The van der Waals surface area contributed by atoms with E-state index in [2.05, 4.69) is 10.3 Å². The van der Waals surface area contributed by atoms with Crippen LogP contribution < -0.4 is 0 Å². The van der Waals surface area contributed by atoms with Crippen LogP contribution in [0.15, 0.2) is 0 Å². The predicted octanol–water partition coefficient (Wildman–Crippen LogP) is 1.94. The molecule has 1 aromatic heterocycles. The number of carboxylic acids is 1. The van der Waals surface area contributed by atoms with Crippen molar-refractivity contribution in [2.24, 2.45) is 5.92 Å². The number of alkyl halides is 3. The van der Waals surface area contributed by atoms with Crippen LogP contribution in [0.1, 0.15) is 48.3 Å². The molecular formula is C12H16F3N3O3. The van der Waals surface area contributed by atoms with Gasteiger partial charge in [-0.25, -0.2) is 9.48 Å². The highest BCUT2D eigenvalue weighted by Gasteiger charge is 2.42. The SMILES string of the molecule is O=C(O)c1nnn(CC(O)CC2CCCC2)c1C(F)(F)F. The Labute approximate surface area is 118 Å². The maximum Gasteiger partial charge on any atom is 0.435 e. The van der Waals surface area contributed by atoms with Crippen molar-refractivity contribution in [2.75, 3.05) is 0 Å². The summed E-state index contributed by atoms with van der Waals surface area (Å²) in [5, 5.41) is 24.9. The second kappa shape index (κ2) is 6.00. The van der Waals surface area contributed by atoms with Crippen LogP contribution in [0.3, 0.4) is 0 Å². The number of aliphatic hydroxyl groups is 1. The Kier molecular flexibility index (Phi) is 4.50. The van der Waals surface area contributed by atoms with Crippen LogP contribution in [0, 0.1) is 5.92 Å². The normalized spacial score (nSPS) is 18.1. The summed E-state index contributed by atoms with van der Waals surface area (Å²) in [7, 11) is 0. The largest absolute Gasteiger partial charge is 0.476 e. The molecule has 0 aliphatic heterocycles. The van der Waals surface area contributed by atoms with E-state index in [-0.39, 0.29) is 0 Å². The summed E-state index contributed by atoms with van der Waals surface area (Å²) in [6.45, 7) is -0.411. The first-order valence-electron chi connectivity index (χ1n) is 6.71. The van der Waals surface area contributed by atoms with Gasteiger partial charge in [-0.2, -0.15) is 13.2 Å². The number of nitrogens with zero attached hydrogens (tertiary/aromatic N) is 3. The fourth-order valence-electron chi connectivity index (χ4n) is 2.77. The molecule has 1 saturated carbocycles. The van der Waals surface area contributed by atoms with Gasteiger partial charge in [0.1, 0.15) is 0 Å². The molecule has 21 heavy (non-hydrogen) atoms. The van der Waals surface area contributed by atoms with Crippen molar-refractivity contribution in [1.82, 2.24) is 15.0 Å². The number of aromatic carboxylic acids is 1. The molecule has 1 aliphatic rings. The molecule has 0 saturated heterocycles. The van der Waals surface area contributed by atoms with Crippen molar-refractivity contribution in [3.8, 4) is 0 Å². The summed E-state index contributed by atoms with van der Waals surface area (Å²) in [5.74, 6) is -1.49. The number of aromatic nitrogens is 3. The van der Waals surface area contributed by atoms with E-state index in [1.54, 1.807) is 0 Å². The fraction of sp³-hybridized carbons (Fsp3) is 0.750. The molecule has 118 valence electrons. The smallest absolute Gasteiger partial charge is 0.435 e. The molecule has 1 unspecified atom stereocenters. The molecule has 0 spiro atoms. The van der Waals surface area contributed by atoms with Crippen LogP contribution in [0.4, 0.5) is 13.2 Å². The molecule has 0 aromatic carbocycles. The maximum absolute atomic E-state index is 12.9. The summed E-state index contributed by atoms with van der Waals surface area (Å²) in [5.41, 5.74) is -2.57. The van der Waals surface area contributed by atoms with Gasteiger partial charge < -0.3 is 10.2 Å². The van der Waals surface area contributed by atoms with Crippen molar-refractivity contribution >= 4 is 5.97 Å². The number of hydrogen-bond acceptors (Lipinski definition) is 4. The van der Waals surface area contributed by atoms with Crippen molar-refractivity contribution in [1.29, 1.82) is 0 Å². The van der Waals surface area contributed by atoms with E-state index in [0.29, 0.717) is 17.0 Å². The minimum absolute atomic E-state index is 0.303. The number of rotatable bonds is 5. The van der Waals surface area contributed by atoms with Crippen LogP contribution in [0.25, 0.3) is 0 Å². The Morgan fingerprint density at radius 1 is 1.38 bits per heavy atom. The van der Waals surface area contributed by atoms with E-state index >= 15 is 0 Å². The van der Waals surface area contributed by atoms with Gasteiger partial charge in [-0.1, -0.05) is 30.9 Å². The first-order valence-corrected chi connectivity index (χ1v) is 6.71. The second-order valence-corrected chi connectivity index (χ2v) is 5.31. The summed E-state index contributed by atoms with van der Waals surface area (Å²) in [6, 6.07) is 0. The van der Waals surface area contributed by atoms with Gasteiger partial charge in [0, 0.05) is 0 Å². The third kappa shape index (κ3) is 3.72. The zero-order valence-electron chi connectivity index (χ0n) is 11.2. The number of carboxylic acid groups (broad SMARTS) is 1. The highest BCUT2D eigenvalue weighted by Crippen LogP contribution is 2.32. The van der Waals surface area contributed by atoms with Crippen molar-refractivity contribution < 1.29 is 28.2 Å². The fourth-order valence-corrected chi connectivity index (χ4v) is 2.77. The second-order valence-electron chi connectivity index (χ2n) is 5.31. The molecule has 0 bridgehead atoms. The number of halogens is 3. The summed E-state index contributed by atoms with van der Waals surface area (Å²) in [6.07, 6.45) is -1.45. The van der Waals surface area contributed by atoms with Gasteiger partial charge >= 0.3 is 12.1 Å². The Morgan fingerprint density at radius 3 is 2.52 bits per heavy atom.